The minimum Gasteiger partial charge on any atom is -0.462 e. The normalized spacial score (nSPS) is 14.3. The number of ether oxygens (including phenoxy) is 4. The number of aliphatic hydroxyl groups is 1. The molecule has 19 heteroatoms. The van der Waals surface area contributed by atoms with Crippen LogP contribution in [0.25, 0.3) is 0 Å². The third-order valence-corrected chi connectivity index (χ3v) is 19.4. The number of carbonyl (C=O) groups is 4. The van der Waals surface area contributed by atoms with Crippen LogP contribution in [0.4, 0.5) is 0 Å². The minimum absolute atomic E-state index is 0.0754. The van der Waals surface area contributed by atoms with Gasteiger partial charge in [0.15, 0.2) is 12.2 Å². The highest BCUT2D eigenvalue weighted by Crippen LogP contribution is 2.45. The van der Waals surface area contributed by atoms with Crippen molar-refractivity contribution in [3.05, 3.63) is 97.2 Å². The van der Waals surface area contributed by atoms with E-state index in [1.807, 2.05) is 0 Å². The summed E-state index contributed by atoms with van der Waals surface area (Å²) in [6.45, 7) is 4.73. The van der Waals surface area contributed by atoms with E-state index < -0.39 is 97.5 Å². The number of phosphoric acid groups is 2. The summed E-state index contributed by atoms with van der Waals surface area (Å²) in [6.07, 6.45) is 82.3. The molecule has 0 aromatic rings. The summed E-state index contributed by atoms with van der Waals surface area (Å²) >= 11 is 0. The first kappa shape index (κ1) is 100.0. The molecule has 0 aliphatic heterocycles. The van der Waals surface area contributed by atoms with E-state index >= 15 is 0 Å². The van der Waals surface area contributed by atoms with Crippen molar-refractivity contribution in [2.75, 3.05) is 39.6 Å². The number of phosphoric ester groups is 2. The van der Waals surface area contributed by atoms with E-state index in [0.29, 0.717) is 25.7 Å². The second-order valence-electron chi connectivity index (χ2n) is 27.7. The van der Waals surface area contributed by atoms with Crippen molar-refractivity contribution in [3.8, 4) is 0 Å². The van der Waals surface area contributed by atoms with Gasteiger partial charge in [-0.25, -0.2) is 9.13 Å². The standard InChI is InChI=1S/C85H150O17P2/c1-5-9-13-17-21-25-29-33-37-38-39-40-44-46-50-54-58-62-66-70-83(88)96-76-81(102-85(90)72-68-64-60-56-52-48-43-36-32-28-24-20-16-12-8-4)78-100-104(93,94)98-74-79(86)73-97-103(91,92)99-77-80(101-84(89)71-67-63-59-55-51-47-42-35-31-27-23-19-15-11-7-3)75-95-82(87)69-65-61-57-53-49-45-41-34-30-26-22-18-14-10-6-2/h9,13,21,24-25,28,33-37,39-43,79-81,86H,5-8,10-12,14-20,22-23,26-27,29-32,38,44-78H2,1-4H3,(H,91,92)(H,93,94)/b13-9-,25-21-,28-24-,37-33-,40-39-,41-34-,42-35-,43-36-. The molecule has 17 nitrogen and oxygen atoms in total. The molecule has 5 unspecified atom stereocenters. The molecule has 3 N–H and O–H groups in total. The van der Waals surface area contributed by atoms with Crippen molar-refractivity contribution in [1.82, 2.24) is 0 Å². The second-order valence-corrected chi connectivity index (χ2v) is 30.6. The van der Waals surface area contributed by atoms with Gasteiger partial charge in [-0.15, -0.1) is 0 Å². The molecule has 0 spiro atoms. The maximum atomic E-state index is 13.1. The zero-order valence-corrected chi connectivity index (χ0v) is 67.7. The molecule has 0 saturated carbocycles. The molecule has 0 aliphatic rings. The van der Waals surface area contributed by atoms with Gasteiger partial charge in [0.2, 0.25) is 0 Å². The van der Waals surface area contributed by atoms with E-state index in [2.05, 4.69) is 125 Å². The maximum Gasteiger partial charge on any atom is 0.472 e. The lowest BCUT2D eigenvalue weighted by Crippen LogP contribution is -2.30. The van der Waals surface area contributed by atoms with Crippen molar-refractivity contribution in [2.45, 2.75) is 380 Å². The van der Waals surface area contributed by atoms with Crippen LogP contribution in [0.2, 0.25) is 0 Å². The van der Waals surface area contributed by atoms with E-state index in [0.717, 1.165) is 186 Å². The van der Waals surface area contributed by atoms with Gasteiger partial charge < -0.3 is 33.8 Å². The third kappa shape index (κ3) is 76.2. The molecule has 0 heterocycles. The van der Waals surface area contributed by atoms with Crippen LogP contribution in [0.15, 0.2) is 97.2 Å². The van der Waals surface area contributed by atoms with Gasteiger partial charge in [0.1, 0.15) is 19.3 Å². The molecule has 0 bridgehead atoms. The van der Waals surface area contributed by atoms with Gasteiger partial charge in [-0.3, -0.25) is 37.3 Å². The highest BCUT2D eigenvalue weighted by Gasteiger charge is 2.30. The van der Waals surface area contributed by atoms with Crippen LogP contribution in [0, 0.1) is 0 Å². The topological polar surface area (TPSA) is 237 Å². The third-order valence-electron chi connectivity index (χ3n) is 17.5. The van der Waals surface area contributed by atoms with Crippen LogP contribution < -0.4 is 0 Å². The van der Waals surface area contributed by atoms with Crippen molar-refractivity contribution < 1.29 is 80.2 Å². The van der Waals surface area contributed by atoms with Gasteiger partial charge in [-0.1, -0.05) is 285 Å². The number of esters is 4. The first-order valence-electron chi connectivity index (χ1n) is 41.5. The number of rotatable bonds is 78. The van der Waals surface area contributed by atoms with Crippen LogP contribution in [-0.4, -0.2) is 96.7 Å². The molecule has 0 aromatic carbocycles. The summed E-state index contributed by atoms with van der Waals surface area (Å²) in [4.78, 5) is 73.1. The van der Waals surface area contributed by atoms with Crippen LogP contribution >= 0.6 is 15.6 Å². The molecule has 0 amide bonds. The van der Waals surface area contributed by atoms with Crippen LogP contribution in [-0.2, 0) is 65.4 Å². The molecule has 0 fully saturated rings. The van der Waals surface area contributed by atoms with Crippen LogP contribution in [0.1, 0.15) is 362 Å². The fourth-order valence-corrected chi connectivity index (χ4v) is 12.8. The molecule has 104 heavy (non-hydrogen) atoms. The number of hydrogen-bond donors (Lipinski definition) is 3. The summed E-state index contributed by atoms with van der Waals surface area (Å²) in [5, 5.41) is 10.7. The van der Waals surface area contributed by atoms with E-state index in [-0.39, 0.29) is 25.7 Å². The van der Waals surface area contributed by atoms with Crippen LogP contribution in [0.5, 0.6) is 0 Å². The van der Waals surface area contributed by atoms with Crippen molar-refractivity contribution in [3.63, 3.8) is 0 Å². The Kier molecular flexibility index (Phi) is 74.2. The monoisotopic (exact) mass is 1510 g/mol. The Bertz CT molecular complexity index is 2350. The lowest BCUT2D eigenvalue weighted by molar-refractivity contribution is -0.161. The van der Waals surface area contributed by atoms with E-state index in [9.17, 15) is 43.2 Å². The highest BCUT2D eigenvalue weighted by molar-refractivity contribution is 7.47. The first-order chi connectivity index (χ1) is 50.7. The Balaban J connectivity index is 5.37. The van der Waals surface area contributed by atoms with Gasteiger partial charge in [0.05, 0.1) is 26.4 Å². The zero-order valence-electron chi connectivity index (χ0n) is 65.9. The lowest BCUT2D eigenvalue weighted by atomic mass is 10.1. The van der Waals surface area contributed by atoms with Crippen molar-refractivity contribution in [2.24, 2.45) is 0 Å². The SMILES string of the molecule is CC/C=C\C/C=C\C/C=C\C/C=C\CCCCCCCCC(=O)OCC(COP(=O)(O)OCC(O)COP(=O)(O)OCC(COC(=O)CCCCCCC/C=C\CCCCCCCC)OC(=O)CCCCCCC/C=C\CCCCCCCC)OC(=O)CCCCCCC/C=C\C/C=C\CCCCC. The van der Waals surface area contributed by atoms with E-state index in [1.165, 1.54) is 96.3 Å². The van der Waals surface area contributed by atoms with Gasteiger partial charge in [-0.05, 0) is 148 Å². The maximum absolute atomic E-state index is 13.1. The number of carbonyl (C=O) groups excluding carboxylic acids is 4. The average Bonchev–Trinajstić information content (AvgIpc) is 0.918. The van der Waals surface area contributed by atoms with Gasteiger partial charge in [0, 0.05) is 25.7 Å². The molecular formula is C85H150O17P2. The molecule has 0 saturated heterocycles. The zero-order chi connectivity index (χ0) is 76.0. The molecule has 0 aromatic heterocycles. The lowest BCUT2D eigenvalue weighted by Gasteiger charge is -2.21. The Morgan fingerprint density at radius 2 is 0.500 bits per heavy atom. The fraction of sp³-hybridized carbons (Fsp3) is 0.765. The Labute approximate surface area is 633 Å². The van der Waals surface area contributed by atoms with Crippen LogP contribution in [0.3, 0.4) is 0 Å². The molecule has 0 aliphatic carbocycles. The van der Waals surface area contributed by atoms with Gasteiger partial charge in [-0.2, -0.15) is 0 Å². The van der Waals surface area contributed by atoms with Crippen molar-refractivity contribution in [1.29, 1.82) is 0 Å². The quantitative estimate of drug-likeness (QED) is 0.0169. The Morgan fingerprint density at radius 3 is 0.798 bits per heavy atom. The predicted octanol–water partition coefficient (Wildman–Crippen LogP) is 24.3. The average molecular weight is 1510 g/mol. The fourth-order valence-electron chi connectivity index (χ4n) is 11.2. The molecule has 5 atom stereocenters. The largest absolute Gasteiger partial charge is 0.472 e. The van der Waals surface area contributed by atoms with E-state index in [4.69, 9.17) is 37.0 Å². The Hall–Kier alpha value is -4.02. The summed E-state index contributed by atoms with van der Waals surface area (Å²) in [7, 11) is -9.97. The smallest absolute Gasteiger partial charge is 0.462 e. The molecule has 0 rings (SSSR count). The minimum atomic E-state index is -4.99. The summed E-state index contributed by atoms with van der Waals surface area (Å²) in [5.74, 6) is -2.20. The highest BCUT2D eigenvalue weighted by atomic mass is 31.2. The molecular weight excluding hydrogens is 1350 g/mol. The van der Waals surface area contributed by atoms with Gasteiger partial charge >= 0.3 is 39.5 Å². The molecule has 602 valence electrons. The number of allylic oxidation sites excluding steroid dienone is 16. The van der Waals surface area contributed by atoms with Crippen molar-refractivity contribution >= 4 is 39.5 Å². The second kappa shape index (κ2) is 77.1. The summed E-state index contributed by atoms with van der Waals surface area (Å²) in [5.41, 5.74) is 0. The molecule has 0 radical (unpaired) electrons. The number of hydrogen-bond acceptors (Lipinski definition) is 15. The Morgan fingerprint density at radius 1 is 0.279 bits per heavy atom. The first-order valence-corrected chi connectivity index (χ1v) is 44.5. The predicted molar refractivity (Wildman–Crippen MR) is 427 cm³/mol. The summed E-state index contributed by atoms with van der Waals surface area (Å²) in [6, 6.07) is 0. The summed E-state index contributed by atoms with van der Waals surface area (Å²) < 4.78 is 68.7. The van der Waals surface area contributed by atoms with Gasteiger partial charge in [0.25, 0.3) is 0 Å². The number of aliphatic hydroxyl groups excluding tert-OH is 1. The van der Waals surface area contributed by atoms with E-state index in [1.54, 1.807) is 0 Å². The number of unbranched alkanes of at least 4 members (excludes halogenated alkanes) is 36.